The van der Waals surface area contributed by atoms with Crippen LogP contribution in [0.4, 0.5) is 0 Å². The van der Waals surface area contributed by atoms with Gasteiger partial charge in [-0.05, 0) is 38.1 Å². The van der Waals surface area contributed by atoms with Crippen LogP contribution in [-0.2, 0) is 0 Å². The van der Waals surface area contributed by atoms with Gasteiger partial charge in [-0.2, -0.15) is 5.26 Å². The fourth-order valence-corrected chi connectivity index (χ4v) is 1.39. The lowest BCUT2D eigenvalue weighted by Gasteiger charge is -1.95. The van der Waals surface area contributed by atoms with Crippen LogP contribution in [0, 0.1) is 25.2 Å². The second-order valence-corrected chi connectivity index (χ2v) is 3.48. The fourth-order valence-electron chi connectivity index (χ4n) is 1.39. The van der Waals surface area contributed by atoms with Crippen molar-refractivity contribution in [1.29, 1.82) is 5.26 Å². The Morgan fingerprint density at radius 3 is 2.12 bits per heavy atom. The summed E-state index contributed by atoms with van der Waals surface area (Å²) in [6, 6.07) is 9.48. The Morgan fingerprint density at radius 1 is 1.12 bits per heavy atom. The van der Waals surface area contributed by atoms with Crippen LogP contribution in [0.2, 0.25) is 0 Å². The van der Waals surface area contributed by atoms with Gasteiger partial charge in [0.1, 0.15) is 5.82 Å². The first kappa shape index (κ1) is 13.0. The van der Waals surface area contributed by atoms with Crippen LogP contribution in [0.25, 0.3) is 11.4 Å². The number of aromatic amines is 1. The summed E-state index contributed by atoms with van der Waals surface area (Å²) >= 11 is 0. The zero-order valence-electron chi connectivity index (χ0n) is 10.7. The molecule has 0 radical (unpaired) electrons. The number of rotatable bonds is 1. The van der Waals surface area contributed by atoms with Crippen LogP contribution in [0.5, 0.6) is 0 Å². The van der Waals surface area contributed by atoms with E-state index in [1.807, 2.05) is 39.8 Å². The maximum atomic E-state index is 8.67. The van der Waals surface area contributed by atoms with Gasteiger partial charge < -0.3 is 4.98 Å². The summed E-state index contributed by atoms with van der Waals surface area (Å²) in [6.45, 7) is 7.97. The van der Waals surface area contributed by atoms with E-state index >= 15 is 0 Å². The van der Waals surface area contributed by atoms with Gasteiger partial charge >= 0.3 is 0 Å². The normalized spacial score (nSPS) is 9.12. The number of nitrogens with one attached hydrogen (secondary N) is 1. The van der Waals surface area contributed by atoms with E-state index in [9.17, 15) is 0 Å². The van der Waals surface area contributed by atoms with Crippen LogP contribution in [0.1, 0.15) is 30.8 Å². The first-order valence-corrected chi connectivity index (χ1v) is 5.74. The highest BCUT2D eigenvalue weighted by Crippen LogP contribution is 2.17. The smallest absolute Gasteiger partial charge is 0.137 e. The highest BCUT2D eigenvalue weighted by molar-refractivity contribution is 5.57. The molecule has 3 heteroatoms. The highest BCUT2D eigenvalue weighted by atomic mass is 14.9. The molecule has 17 heavy (non-hydrogen) atoms. The maximum Gasteiger partial charge on any atom is 0.137 e. The van der Waals surface area contributed by atoms with Crippen molar-refractivity contribution in [1.82, 2.24) is 9.97 Å². The molecule has 0 amide bonds. The molecule has 0 aliphatic carbocycles. The number of aryl methyl sites for hydroxylation is 2. The van der Waals surface area contributed by atoms with Gasteiger partial charge in [0.2, 0.25) is 0 Å². The van der Waals surface area contributed by atoms with Gasteiger partial charge in [0.05, 0.1) is 17.3 Å². The van der Waals surface area contributed by atoms with E-state index in [4.69, 9.17) is 5.26 Å². The van der Waals surface area contributed by atoms with Crippen LogP contribution in [0.3, 0.4) is 0 Å². The molecule has 0 aliphatic rings. The van der Waals surface area contributed by atoms with Crippen molar-refractivity contribution < 1.29 is 0 Å². The van der Waals surface area contributed by atoms with Gasteiger partial charge in [-0.1, -0.05) is 13.8 Å². The Morgan fingerprint density at radius 2 is 1.71 bits per heavy atom. The number of benzene rings is 1. The van der Waals surface area contributed by atoms with Gasteiger partial charge in [-0.15, -0.1) is 0 Å². The Hall–Kier alpha value is -2.08. The molecule has 0 atom stereocenters. The van der Waals surface area contributed by atoms with Crippen molar-refractivity contribution in [2.75, 3.05) is 0 Å². The number of aromatic nitrogens is 2. The van der Waals surface area contributed by atoms with Crippen LogP contribution >= 0.6 is 0 Å². The Kier molecular flexibility index (Phi) is 4.47. The lowest BCUT2D eigenvalue weighted by Crippen LogP contribution is -1.81. The molecule has 0 fully saturated rings. The summed E-state index contributed by atoms with van der Waals surface area (Å²) in [5.74, 6) is 0.856. The molecule has 3 nitrogen and oxygen atoms in total. The van der Waals surface area contributed by atoms with Crippen LogP contribution < -0.4 is 0 Å². The van der Waals surface area contributed by atoms with E-state index in [1.54, 1.807) is 12.1 Å². The largest absolute Gasteiger partial charge is 0.342 e. The number of imidazole rings is 1. The maximum absolute atomic E-state index is 8.67. The summed E-state index contributed by atoms with van der Waals surface area (Å²) in [5.41, 5.74) is 3.76. The van der Waals surface area contributed by atoms with Gasteiger partial charge in [0, 0.05) is 11.3 Å². The molecule has 0 saturated carbocycles. The quantitative estimate of drug-likeness (QED) is 0.809. The molecule has 88 valence electrons. The number of H-pyrrole nitrogens is 1. The van der Waals surface area contributed by atoms with Crippen LogP contribution in [-0.4, -0.2) is 9.97 Å². The minimum Gasteiger partial charge on any atom is -0.342 e. The third-order valence-electron chi connectivity index (χ3n) is 2.42. The molecule has 0 saturated heterocycles. The minimum absolute atomic E-state index is 0.666. The van der Waals surface area contributed by atoms with Crippen LogP contribution in [0.15, 0.2) is 24.3 Å². The van der Waals surface area contributed by atoms with Crippen molar-refractivity contribution in [3.05, 3.63) is 41.2 Å². The number of hydrogen-bond donors (Lipinski definition) is 1. The van der Waals surface area contributed by atoms with E-state index in [0.29, 0.717) is 5.56 Å². The Balaban J connectivity index is 0.000000686. The van der Waals surface area contributed by atoms with Gasteiger partial charge in [0.15, 0.2) is 0 Å². The first-order chi connectivity index (χ1) is 8.20. The fraction of sp³-hybridized carbons (Fsp3) is 0.286. The van der Waals surface area contributed by atoms with Crippen molar-refractivity contribution in [2.45, 2.75) is 27.7 Å². The third-order valence-corrected chi connectivity index (χ3v) is 2.42. The van der Waals surface area contributed by atoms with E-state index in [0.717, 1.165) is 22.8 Å². The summed E-state index contributed by atoms with van der Waals surface area (Å²) in [4.78, 5) is 7.60. The molecule has 2 aromatic rings. The molecule has 0 aliphatic heterocycles. The first-order valence-electron chi connectivity index (χ1n) is 5.74. The molecule has 0 spiro atoms. The average molecular weight is 227 g/mol. The van der Waals surface area contributed by atoms with Gasteiger partial charge in [0.25, 0.3) is 0 Å². The van der Waals surface area contributed by atoms with Crippen molar-refractivity contribution in [3.63, 3.8) is 0 Å². The summed E-state index contributed by atoms with van der Waals surface area (Å²) in [6.07, 6.45) is 0. The lowest BCUT2D eigenvalue weighted by atomic mass is 10.1. The summed E-state index contributed by atoms with van der Waals surface area (Å²) in [5, 5.41) is 8.67. The molecule has 1 N–H and O–H groups in total. The van der Waals surface area contributed by atoms with Crippen molar-refractivity contribution in [2.24, 2.45) is 0 Å². The number of nitrogens with zero attached hydrogens (tertiary/aromatic N) is 2. The topological polar surface area (TPSA) is 52.5 Å². The monoisotopic (exact) mass is 227 g/mol. The second-order valence-electron chi connectivity index (χ2n) is 3.48. The minimum atomic E-state index is 0.666. The predicted molar refractivity (Wildman–Crippen MR) is 69.6 cm³/mol. The molecule has 1 aromatic heterocycles. The van der Waals surface area contributed by atoms with E-state index in [-0.39, 0.29) is 0 Å². The SMILES string of the molecule is CC.Cc1nc(-c2ccc(C#N)cc2)[nH]c1C. The second kappa shape index (κ2) is 5.86. The molecule has 2 rings (SSSR count). The standard InChI is InChI=1S/C12H11N3.C2H6/c1-8-9(2)15-12(14-8)11-5-3-10(7-13)4-6-11;1-2/h3-6H,1-2H3,(H,14,15);1-2H3. The van der Waals surface area contributed by atoms with Gasteiger partial charge in [-0.3, -0.25) is 0 Å². The van der Waals surface area contributed by atoms with Gasteiger partial charge in [-0.25, -0.2) is 4.98 Å². The average Bonchev–Trinajstić information content (AvgIpc) is 2.72. The van der Waals surface area contributed by atoms with E-state index in [2.05, 4.69) is 16.0 Å². The number of nitriles is 1. The summed E-state index contributed by atoms with van der Waals surface area (Å²) < 4.78 is 0. The third kappa shape index (κ3) is 2.94. The lowest BCUT2D eigenvalue weighted by molar-refractivity contribution is 1.22. The van der Waals surface area contributed by atoms with E-state index < -0.39 is 0 Å². The zero-order chi connectivity index (χ0) is 12.8. The van der Waals surface area contributed by atoms with Crippen molar-refractivity contribution in [3.8, 4) is 17.5 Å². The number of hydrogen-bond acceptors (Lipinski definition) is 2. The molecule has 1 heterocycles. The molecular weight excluding hydrogens is 210 g/mol. The molecule has 0 unspecified atom stereocenters. The van der Waals surface area contributed by atoms with Crippen molar-refractivity contribution >= 4 is 0 Å². The van der Waals surface area contributed by atoms with E-state index in [1.165, 1.54) is 0 Å². The molecule has 1 aromatic carbocycles. The Labute approximate surface area is 102 Å². The molecule has 0 bridgehead atoms. The highest BCUT2D eigenvalue weighted by Gasteiger charge is 2.04. The zero-order valence-corrected chi connectivity index (χ0v) is 10.7. The molecular formula is C14H17N3. The Bertz CT molecular complexity index is 496. The summed E-state index contributed by atoms with van der Waals surface area (Å²) in [7, 11) is 0. The predicted octanol–water partition coefficient (Wildman–Crippen LogP) is 3.59.